The predicted molar refractivity (Wildman–Crippen MR) is 80.3 cm³/mol. The fourth-order valence-electron chi connectivity index (χ4n) is 1.80. The second kappa shape index (κ2) is 6.79. The van der Waals surface area contributed by atoms with Gasteiger partial charge in [-0.05, 0) is 48.0 Å². The van der Waals surface area contributed by atoms with Crippen molar-refractivity contribution in [2.75, 3.05) is 5.32 Å². The fourth-order valence-corrected chi connectivity index (χ4v) is 1.80. The highest BCUT2D eigenvalue weighted by Crippen LogP contribution is 2.29. The Morgan fingerprint density at radius 1 is 1.13 bits per heavy atom. The van der Waals surface area contributed by atoms with E-state index in [1.807, 2.05) is 6.07 Å². The maximum absolute atomic E-state index is 12.6. The zero-order valence-corrected chi connectivity index (χ0v) is 11.8. The van der Waals surface area contributed by atoms with Gasteiger partial charge >= 0.3 is 6.18 Å². The van der Waals surface area contributed by atoms with E-state index in [1.54, 1.807) is 24.3 Å². The number of anilines is 1. The second-order valence-electron chi connectivity index (χ2n) is 4.63. The van der Waals surface area contributed by atoms with Crippen molar-refractivity contribution in [3.8, 4) is 6.07 Å². The Bertz CT molecular complexity index is 772. The van der Waals surface area contributed by atoms with Crippen LogP contribution in [0.15, 0.2) is 54.6 Å². The van der Waals surface area contributed by atoms with E-state index in [4.69, 9.17) is 5.26 Å². The number of hydrogen-bond donors (Lipinski definition) is 1. The molecule has 23 heavy (non-hydrogen) atoms. The summed E-state index contributed by atoms with van der Waals surface area (Å²) in [5.41, 5.74) is 0.451. The van der Waals surface area contributed by atoms with E-state index in [0.717, 1.165) is 18.2 Å². The van der Waals surface area contributed by atoms with Gasteiger partial charge in [0.05, 0.1) is 17.2 Å². The smallest absolute Gasteiger partial charge is 0.323 e. The molecule has 1 N–H and O–H groups in total. The number of benzene rings is 2. The van der Waals surface area contributed by atoms with Crippen LogP contribution in [0.5, 0.6) is 0 Å². The number of carbonyl (C=O) groups is 1. The van der Waals surface area contributed by atoms with Crippen LogP contribution in [-0.2, 0) is 11.0 Å². The molecule has 3 nitrogen and oxygen atoms in total. The highest BCUT2D eigenvalue weighted by Gasteiger charge is 2.30. The number of hydrogen-bond acceptors (Lipinski definition) is 2. The summed E-state index contributed by atoms with van der Waals surface area (Å²) in [6, 6.07) is 12.9. The Labute approximate surface area is 130 Å². The summed E-state index contributed by atoms with van der Waals surface area (Å²) in [5.74, 6) is -0.480. The van der Waals surface area contributed by atoms with Crippen LogP contribution in [0.4, 0.5) is 18.9 Å². The largest absolute Gasteiger partial charge is 0.416 e. The molecule has 0 aliphatic heterocycles. The average molecular weight is 316 g/mol. The Morgan fingerprint density at radius 3 is 2.43 bits per heavy atom. The SMILES string of the molecule is N#Cc1ccc(NC(=O)/C=C/c2cccc(C(F)(F)F)c2)cc1. The number of nitrogens with zero attached hydrogens (tertiary/aromatic N) is 1. The van der Waals surface area contributed by atoms with E-state index < -0.39 is 17.6 Å². The minimum Gasteiger partial charge on any atom is -0.323 e. The summed E-state index contributed by atoms with van der Waals surface area (Å²) in [7, 11) is 0. The molecule has 116 valence electrons. The van der Waals surface area contributed by atoms with Crippen LogP contribution in [0.1, 0.15) is 16.7 Å². The molecule has 2 aromatic carbocycles. The van der Waals surface area contributed by atoms with Crippen molar-refractivity contribution in [3.05, 3.63) is 71.3 Å². The molecular weight excluding hydrogens is 305 g/mol. The summed E-state index contributed by atoms with van der Waals surface area (Å²) < 4.78 is 37.8. The number of halogens is 3. The molecule has 0 saturated carbocycles. The maximum atomic E-state index is 12.6. The summed E-state index contributed by atoms with van der Waals surface area (Å²) in [6.45, 7) is 0. The molecule has 0 saturated heterocycles. The van der Waals surface area contributed by atoms with Gasteiger partial charge in [0, 0.05) is 11.8 Å². The normalized spacial score (nSPS) is 11.2. The van der Waals surface area contributed by atoms with Crippen molar-refractivity contribution in [3.63, 3.8) is 0 Å². The van der Waals surface area contributed by atoms with E-state index in [0.29, 0.717) is 11.3 Å². The molecule has 0 atom stereocenters. The Kier molecular flexibility index (Phi) is 4.82. The topological polar surface area (TPSA) is 52.9 Å². The molecule has 0 fully saturated rings. The first-order valence-electron chi connectivity index (χ1n) is 6.55. The third kappa shape index (κ3) is 4.71. The lowest BCUT2D eigenvalue weighted by molar-refractivity contribution is -0.137. The van der Waals surface area contributed by atoms with Gasteiger partial charge < -0.3 is 5.32 Å². The van der Waals surface area contributed by atoms with Crippen molar-refractivity contribution in [1.82, 2.24) is 0 Å². The maximum Gasteiger partial charge on any atom is 0.416 e. The van der Waals surface area contributed by atoms with Gasteiger partial charge in [0.2, 0.25) is 5.91 Å². The molecule has 0 radical (unpaired) electrons. The molecule has 6 heteroatoms. The molecule has 1 amide bonds. The molecule has 2 aromatic rings. The number of rotatable bonds is 3. The zero-order valence-electron chi connectivity index (χ0n) is 11.8. The lowest BCUT2D eigenvalue weighted by Crippen LogP contribution is -2.07. The summed E-state index contributed by atoms with van der Waals surface area (Å²) in [6.07, 6.45) is -1.98. The lowest BCUT2D eigenvalue weighted by atomic mass is 10.1. The number of carbonyl (C=O) groups excluding carboxylic acids is 1. The van der Waals surface area contributed by atoms with Crippen molar-refractivity contribution < 1.29 is 18.0 Å². The third-order valence-electron chi connectivity index (χ3n) is 2.92. The van der Waals surface area contributed by atoms with Gasteiger partial charge in [-0.3, -0.25) is 4.79 Å². The fraction of sp³-hybridized carbons (Fsp3) is 0.0588. The van der Waals surface area contributed by atoms with Gasteiger partial charge in [-0.25, -0.2) is 0 Å². The van der Waals surface area contributed by atoms with Crippen LogP contribution in [0, 0.1) is 11.3 Å². The lowest BCUT2D eigenvalue weighted by Gasteiger charge is -2.06. The molecule has 0 spiro atoms. The quantitative estimate of drug-likeness (QED) is 0.862. The van der Waals surface area contributed by atoms with Gasteiger partial charge in [0.25, 0.3) is 0 Å². The number of alkyl halides is 3. The number of amides is 1. The predicted octanol–water partition coefficient (Wildman–Crippen LogP) is 4.23. The van der Waals surface area contributed by atoms with Crippen LogP contribution in [0.25, 0.3) is 6.08 Å². The molecule has 0 bridgehead atoms. The van der Waals surface area contributed by atoms with E-state index in [2.05, 4.69) is 5.32 Å². The van der Waals surface area contributed by atoms with E-state index in [1.165, 1.54) is 18.2 Å². The zero-order chi connectivity index (χ0) is 16.9. The van der Waals surface area contributed by atoms with Crippen LogP contribution in [0.3, 0.4) is 0 Å². The molecule has 0 unspecified atom stereocenters. The first-order valence-corrected chi connectivity index (χ1v) is 6.55. The standard InChI is InChI=1S/C17H11F3N2O/c18-17(19,20)14-3-1-2-12(10-14)6-9-16(23)22-15-7-4-13(11-21)5-8-15/h1-10H,(H,22,23)/b9-6+. The van der Waals surface area contributed by atoms with Crippen LogP contribution >= 0.6 is 0 Å². The Morgan fingerprint density at radius 2 is 1.83 bits per heavy atom. The molecule has 2 rings (SSSR count). The molecule has 0 aliphatic rings. The summed E-state index contributed by atoms with van der Waals surface area (Å²) in [4.78, 5) is 11.7. The van der Waals surface area contributed by atoms with Gasteiger partial charge in [0.15, 0.2) is 0 Å². The molecular formula is C17H11F3N2O. The van der Waals surface area contributed by atoms with E-state index in [9.17, 15) is 18.0 Å². The average Bonchev–Trinajstić information content (AvgIpc) is 2.53. The monoisotopic (exact) mass is 316 g/mol. The highest BCUT2D eigenvalue weighted by atomic mass is 19.4. The Balaban J connectivity index is 2.05. The molecule has 0 aliphatic carbocycles. The first-order chi connectivity index (χ1) is 10.9. The van der Waals surface area contributed by atoms with Crippen LogP contribution < -0.4 is 5.32 Å². The third-order valence-corrected chi connectivity index (χ3v) is 2.92. The van der Waals surface area contributed by atoms with E-state index in [-0.39, 0.29) is 5.56 Å². The highest BCUT2D eigenvalue weighted by molar-refractivity contribution is 6.01. The first kappa shape index (κ1) is 16.3. The van der Waals surface area contributed by atoms with Crippen LogP contribution in [0.2, 0.25) is 0 Å². The molecule has 0 heterocycles. The Hall–Kier alpha value is -3.07. The van der Waals surface area contributed by atoms with E-state index >= 15 is 0 Å². The van der Waals surface area contributed by atoms with Gasteiger partial charge in [-0.1, -0.05) is 12.1 Å². The van der Waals surface area contributed by atoms with Crippen molar-refractivity contribution in [2.24, 2.45) is 0 Å². The van der Waals surface area contributed by atoms with Crippen molar-refractivity contribution in [1.29, 1.82) is 5.26 Å². The number of nitriles is 1. The molecule has 0 aromatic heterocycles. The van der Waals surface area contributed by atoms with Gasteiger partial charge in [-0.2, -0.15) is 18.4 Å². The minimum absolute atomic E-state index is 0.273. The van der Waals surface area contributed by atoms with Crippen molar-refractivity contribution in [2.45, 2.75) is 6.18 Å². The second-order valence-corrected chi connectivity index (χ2v) is 4.63. The summed E-state index contributed by atoms with van der Waals surface area (Å²) in [5, 5.41) is 11.2. The summed E-state index contributed by atoms with van der Waals surface area (Å²) >= 11 is 0. The number of nitrogens with one attached hydrogen (secondary N) is 1. The van der Waals surface area contributed by atoms with Gasteiger partial charge in [0.1, 0.15) is 0 Å². The van der Waals surface area contributed by atoms with Crippen molar-refractivity contribution >= 4 is 17.7 Å². The van der Waals surface area contributed by atoms with Crippen LogP contribution in [-0.4, -0.2) is 5.91 Å². The minimum atomic E-state index is -4.42. The van der Waals surface area contributed by atoms with Gasteiger partial charge in [-0.15, -0.1) is 0 Å².